The lowest BCUT2D eigenvalue weighted by molar-refractivity contribution is 0.624. The normalized spacial score (nSPS) is 13.6. The molecule has 1 aromatic heterocycles. The minimum atomic E-state index is -0.227. The Morgan fingerprint density at radius 3 is 3.05 bits per heavy atom. The lowest BCUT2D eigenvalue weighted by Crippen LogP contribution is -1.99. The Morgan fingerprint density at radius 2 is 2.21 bits per heavy atom. The Morgan fingerprint density at radius 1 is 1.32 bits per heavy atom. The molecule has 2 aromatic rings. The summed E-state index contributed by atoms with van der Waals surface area (Å²) in [5.41, 5.74) is 2.10. The zero-order valence-electron chi connectivity index (χ0n) is 9.90. The van der Waals surface area contributed by atoms with E-state index in [1.54, 1.807) is 17.8 Å². The largest absolute Gasteiger partial charge is 0.236 e. The van der Waals surface area contributed by atoms with E-state index in [2.05, 4.69) is 9.97 Å². The van der Waals surface area contributed by atoms with Crippen LogP contribution >= 0.6 is 35.1 Å². The van der Waals surface area contributed by atoms with Gasteiger partial charge in [0.05, 0.1) is 11.4 Å². The molecule has 2 nitrogen and oxygen atoms in total. The Labute approximate surface area is 124 Å². The molecule has 0 bridgehead atoms. The number of benzene rings is 1. The predicted molar refractivity (Wildman–Crippen MR) is 78.0 cm³/mol. The van der Waals surface area contributed by atoms with Crippen LogP contribution < -0.4 is 0 Å². The Hall–Kier alpha value is -0.780. The summed E-state index contributed by atoms with van der Waals surface area (Å²) in [6.07, 6.45) is 0. The topological polar surface area (TPSA) is 25.8 Å². The van der Waals surface area contributed by atoms with E-state index in [0.29, 0.717) is 16.7 Å². The number of hydrogen-bond acceptors (Lipinski definition) is 4. The van der Waals surface area contributed by atoms with Crippen LogP contribution in [-0.2, 0) is 17.3 Å². The van der Waals surface area contributed by atoms with Crippen molar-refractivity contribution in [3.8, 4) is 0 Å². The summed E-state index contributed by atoms with van der Waals surface area (Å²) >= 11 is 9.46. The van der Waals surface area contributed by atoms with Gasteiger partial charge < -0.3 is 0 Å². The number of nitrogens with zero attached hydrogens (tertiary/aromatic N) is 2. The molecule has 19 heavy (non-hydrogen) atoms. The molecule has 0 radical (unpaired) electrons. The summed E-state index contributed by atoms with van der Waals surface area (Å²) in [6.45, 7) is 0. The number of aromatic nitrogens is 2. The molecule has 98 valence electrons. The Bertz CT molecular complexity index is 622. The van der Waals surface area contributed by atoms with Crippen molar-refractivity contribution in [2.45, 2.75) is 22.2 Å². The van der Waals surface area contributed by atoms with E-state index in [9.17, 15) is 4.39 Å². The van der Waals surface area contributed by atoms with Crippen LogP contribution in [0.4, 0.5) is 4.39 Å². The fourth-order valence-electron chi connectivity index (χ4n) is 1.83. The maximum absolute atomic E-state index is 13.1. The van der Waals surface area contributed by atoms with Gasteiger partial charge in [0.25, 0.3) is 0 Å². The second-order valence-corrected chi connectivity index (χ2v) is 6.49. The van der Waals surface area contributed by atoms with E-state index in [0.717, 1.165) is 27.7 Å². The van der Waals surface area contributed by atoms with Crippen molar-refractivity contribution in [1.29, 1.82) is 0 Å². The molecule has 1 aromatic carbocycles. The molecule has 1 aliphatic heterocycles. The third-order valence-corrected chi connectivity index (χ3v) is 5.01. The second-order valence-electron chi connectivity index (χ2n) is 4.09. The van der Waals surface area contributed by atoms with Gasteiger partial charge in [-0.05, 0) is 18.2 Å². The van der Waals surface area contributed by atoms with Crippen LogP contribution in [0.25, 0.3) is 0 Å². The van der Waals surface area contributed by atoms with Crippen molar-refractivity contribution >= 4 is 35.1 Å². The van der Waals surface area contributed by atoms with Gasteiger partial charge in [0.2, 0.25) is 0 Å². The third kappa shape index (κ3) is 3.04. The first-order chi connectivity index (χ1) is 9.22. The Balaban J connectivity index is 1.76. The summed E-state index contributed by atoms with van der Waals surface area (Å²) in [5, 5.41) is 0.560. The van der Waals surface area contributed by atoms with Gasteiger partial charge in [-0.1, -0.05) is 17.7 Å². The molecule has 0 fully saturated rings. The monoisotopic (exact) mass is 312 g/mol. The molecule has 0 aliphatic carbocycles. The Kier molecular flexibility index (Phi) is 3.96. The highest BCUT2D eigenvalue weighted by atomic mass is 35.5. The van der Waals surface area contributed by atoms with Crippen LogP contribution in [-0.4, -0.2) is 9.97 Å². The first-order valence-electron chi connectivity index (χ1n) is 5.72. The summed E-state index contributed by atoms with van der Waals surface area (Å²) < 4.78 is 13.1. The van der Waals surface area contributed by atoms with Gasteiger partial charge in [-0.15, -0.1) is 11.8 Å². The van der Waals surface area contributed by atoms with E-state index < -0.39 is 0 Å². The van der Waals surface area contributed by atoms with Crippen molar-refractivity contribution in [1.82, 2.24) is 9.97 Å². The molecule has 0 spiro atoms. The molecule has 0 saturated heterocycles. The summed E-state index contributed by atoms with van der Waals surface area (Å²) in [5.74, 6) is 2.87. The molecule has 0 atom stereocenters. The maximum atomic E-state index is 13.1. The van der Waals surface area contributed by atoms with Gasteiger partial charge in [0.1, 0.15) is 16.8 Å². The van der Waals surface area contributed by atoms with Crippen molar-refractivity contribution < 1.29 is 4.39 Å². The van der Waals surface area contributed by atoms with Gasteiger partial charge >= 0.3 is 0 Å². The molecule has 6 heteroatoms. The van der Waals surface area contributed by atoms with Gasteiger partial charge in [-0.2, -0.15) is 11.8 Å². The highest BCUT2D eigenvalue weighted by molar-refractivity contribution is 7.98. The number of halogens is 2. The highest BCUT2D eigenvalue weighted by Crippen LogP contribution is 2.33. The first kappa shape index (κ1) is 13.2. The quantitative estimate of drug-likeness (QED) is 0.623. The molecular formula is C13H10ClFN2S2. The lowest BCUT2D eigenvalue weighted by atomic mass is 10.3. The maximum Gasteiger partial charge on any atom is 0.140 e. The minimum absolute atomic E-state index is 0.227. The van der Waals surface area contributed by atoms with E-state index in [1.807, 2.05) is 6.07 Å². The van der Waals surface area contributed by atoms with Crippen LogP contribution in [0.2, 0.25) is 5.15 Å². The van der Waals surface area contributed by atoms with Gasteiger partial charge in [-0.25, -0.2) is 14.4 Å². The van der Waals surface area contributed by atoms with Crippen molar-refractivity contribution in [3.05, 3.63) is 52.3 Å². The van der Waals surface area contributed by atoms with Crippen LogP contribution in [0, 0.1) is 5.82 Å². The second kappa shape index (κ2) is 5.69. The molecule has 0 unspecified atom stereocenters. The molecule has 2 heterocycles. The molecule has 1 aliphatic rings. The van der Waals surface area contributed by atoms with Crippen LogP contribution in [0.15, 0.2) is 29.2 Å². The fraction of sp³-hybridized carbons (Fsp3) is 0.231. The molecular weight excluding hydrogens is 303 g/mol. The fourth-order valence-corrected chi connectivity index (χ4v) is 4.02. The van der Waals surface area contributed by atoms with E-state index in [1.165, 1.54) is 23.9 Å². The molecule has 0 saturated carbocycles. The van der Waals surface area contributed by atoms with Gasteiger partial charge in [0, 0.05) is 22.0 Å². The minimum Gasteiger partial charge on any atom is -0.236 e. The summed E-state index contributed by atoms with van der Waals surface area (Å²) in [6, 6.07) is 6.52. The van der Waals surface area contributed by atoms with E-state index >= 15 is 0 Å². The molecule has 0 N–H and O–H groups in total. The molecule has 0 amide bonds. The smallest absolute Gasteiger partial charge is 0.140 e. The highest BCUT2D eigenvalue weighted by Gasteiger charge is 2.18. The van der Waals surface area contributed by atoms with Crippen molar-refractivity contribution in [3.63, 3.8) is 0 Å². The third-order valence-electron chi connectivity index (χ3n) is 2.74. The average molecular weight is 313 g/mol. The van der Waals surface area contributed by atoms with Crippen LogP contribution in [0.5, 0.6) is 0 Å². The SMILES string of the molecule is Fc1cccc(SCc2nc(Cl)c3c(n2)CSC3)c1. The van der Waals surface area contributed by atoms with Crippen molar-refractivity contribution in [2.24, 2.45) is 0 Å². The number of rotatable bonds is 3. The van der Waals surface area contributed by atoms with Gasteiger partial charge in [-0.3, -0.25) is 0 Å². The first-order valence-corrected chi connectivity index (χ1v) is 8.24. The lowest BCUT2D eigenvalue weighted by Gasteiger charge is -2.05. The van der Waals surface area contributed by atoms with E-state index in [-0.39, 0.29) is 5.82 Å². The summed E-state index contributed by atoms with van der Waals surface area (Å²) in [7, 11) is 0. The zero-order chi connectivity index (χ0) is 13.2. The number of fused-ring (bicyclic) bond motifs is 1. The summed E-state index contributed by atoms with van der Waals surface area (Å²) in [4.78, 5) is 9.70. The van der Waals surface area contributed by atoms with E-state index in [4.69, 9.17) is 11.6 Å². The predicted octanol–water partition coefficient (Wildman–Crippen LogP) is 4.31. The van der Waals surface area contributed by atoms with Crippen molar-refractivity contribution in [2.75, 3.05) is 0 Å². The zero-order valence-corrected chi connectivity index (χ0v) is 12.3. The van der Waals surface area contributed by atoms with Crippen LogP contribution in [0.3, 0.4) is 0 Å². The number of thioether (sulfide) groups is 2. The number of hydrogen-bond donors (Lipinski definition) is 0. The van der Waals surface area contributed by atoms with Crippen LogP contribution in [0.1, 0.15) is 17.1 Å². The average Bonchev–Trinajstić information content (AvgIpc) is 2.85. The molecule has 3 rings (SSSR count). The standard InChI is InChI=1S/C13H10ClFN2S2/c14-13-10-5-18-6-11(10)16-12(17-13)7-19-9-3-1-2-8(15)4-9/h1-4H,5-7H2. The van der Waals surface area contributed by atoms with Gasteiger partial charge in [0.15, 0.2) is 0 Å².